The van der Waals surface area contributed by atoms with E-state index >= 15 is 0 Å². The molecular formula is C7H6S3. The van der Waals surface area contributed by atoms with Crippen LogP contribution < -0.4 is 0 Å². The maximum absolute atomic E-state index is 4.35. The molecule has 0 radical (unpaired) electrons. The SMILES string of the molecule is Sc1cccc2c1SSC2. The highest BCUT2D eigenvalue weighted by Gasteiger charge is 2.13. The quantitative estimate of drug-likeness (QED) is 0.488. The largest absolute Gasteiger partial charge is 0.142 e. The monoisotopic (exact) mass is 186 g/mol. The summed E-state index contributed by atoms with van der Waals surface area (Å²) in [7, 11) is 3.72. The molecule has 0 aromatic heterocycles. The average molecular weight is 186 g/mol. The van der Waals surface area contributed by atoms with E-state index in [1.807, 2.05) is 27.7 Å². The van der Waals surface area contributed by atoms with Gasteiger partial charge in [0.2, 0.25) is 0 Å². The van der Waals surface area contributed by atoms with E-state index in [2.05, 4.69) is 24.8 Å². The number of thiol groups is 1. The van der Waals surface area contributed by atoms with E-state index < -0.39 is 0 Å². The van der Waals surface area contributed by atoms with Gasteiger partial charge < -0.3 is 0 Å². The lowest BCUT2D eigenvalue weighted by molar-refractivity contribution is 1.18. The molecule has 1 aromatic carbocycles. The van der Waals surface area contributed by atoms with Crippen LogP contribution in [0, 0.1) is 0 Å². The van der Waals surface area contributed by atoms with Crippen molar-refractivity contribution in [2.75, 3.05) is 0 Å². The van der Waals surface area contributed by atoms with Crippen molar-refractivity contribution in [2.24, 2.45) is 0 Å². The second-order valence-electron chi connectivity index (χ2n) is 2.11. The third-order valence-electron chi connectivity index (χ3n) is 1.43. The zero-order chi connectivity index (χ0) is 6.97. The Morgan fingerprint density at radius 2 is 2.30 bits per heavy atom. The fourth-order valence-corrected chi connectivity index (χ4v) is 4.02. The van der Waals surface area contributed by atoms with E-state index in [1.165, 1.54) is 10.5 Å². The summed E-state index contributed by atoms with van der Waals surface area (Å²) in [6.07, 6.45) is 0. The van der Waals surface area contributed by atoms with Gasteiger partial charge in [-0.1, -0.05) is 33.7 Å². The first-order valence-corrected chi connectivity index (χ1v) is 5.75. The van der Waals surface area contributed by atoms with Crippen LogP contribution in [0.5, 0.6) is 0 Å². The van der Waals surface area contributed by atoms with Gasteiger partial charge >= 0.3 is 0 Å². The van der Waals surface area contributed by atoms with Gasteiger partial charge in [0.1, 0.15) is 0 Å². The molecule has 0 bridgehead atoms. The van der Waals surface area contributed by atoms with E-state index in [0.29, 0.717) is 0 Å². The first kappa shape index (κ1) is 6.95. The van der Waals surface area contributed by atoms with E-state index in [-0.39, 0.29) is 0 Å². The molecule has 1 aromatic rings. The molecule has 1 aliphatic rings. The molecule has 1 aliphatic heterocycles. The summed E-state index contributed by atoms with van der Waals surface area (Å²) in [4.78, 5) is 2.48. The Bertz CT molecular complexity index is 257. The molecule has 3 heteroatoms. The number of benzene rings is 1. The van der Waals surface area contributed by atoms with Crippen molar-refractivity contribution >= 4 is 34.2 Å². The van der Waals surface area contributed by atoms with Crippen molar-refractivity contribution in [3.63, 3.8) is 0 Å². The minimum Gasteiger partial charge on any atom is -0.142 e. The Morgan fingerprint density at radius 3 is 3.10 bits per heavy atom. The molecule has 0 amide bonds. The van der Waals surface area contributed by atoms with Crippen LogP contribution in [-0.2, 0) is 5.75 Å². The normalized spacial score (nSPS) is 15.3. The van der Waals surface area contributed by atoms with Crippen LogP contribution in [0.15, 0.2) is 28.0 Å². The van der Waals surface area contributed by atoms with Gasteiger partial charge in [-0.3, -0.25) is 0 Å². The number of hydrogen-bond acceptors (Lipinski definition) is 3. The maximum Gasteiger partial charge on any atom is 0.0357 e. The third kappa shape index (κ3) is 1.06. The number of hydrogen-bond donors (Lipinski definition) is 1. The number of fused-ring (bicyclic) bond motifs is 1. The average Bonchev–Trinajstić information content (AvgIpc) is 2.36. The molecule has 0 atom stereocenters. The fraction of sp³-hybridized carbons (Fsp3) is 0.143. The van der Waals surface area contributed by atoms with Gasteiger partial charge in [-0.15, -0.1) is 12.6 Å². The van der Waals surface area contributed by atoms with E-state index in [9.17, 15) is 0 Å². The lowest BCUT2D eigenvalue weighted by Crippen LogP contribution is -1.77. The zero-order valence-electron chi connectivity index (χ0n) is 5.20. The smallest absolute Gasteiger partial charge is 0.0357 e. The first-order chi connectivity index (χ1) is 4.88. The molecule has 0 spiro atoms. The molecule has 52 valence electrons. The van der Waals surface area contributed by atoms with Crippen molar-refractivity contribution in [1.29, 1.82) is 0 Å². The van der Waals surface area contributed by atoms with Gasteiger partial charge in [-0.2, -0.15) is 0 Å². The van der Waals surface area contributed by atoms with Crippen molar-refractivity contribution in [1.82, 2.24) is 0 Å². The standard InChI is InChI=1S/C7H6S3/c8-6-3-1-2-5-4-9-10-7(5)6/h1-3,8H,4H2. The van der Waals surface area contributed by atoms with Crippen LogP contribution in [0.2, 0.25) is 0 Å². The number of rotatable bonds is 0. The zero-order valence-corrected chi connectivity index (χ0v) is 7.73. The molecule has 0 fully saturated rings. The molecule has 0 unspecified atom stereocenters. The molecule has 0 saturated heterocycles. The van der Waals surface area contributed by atoms with Gasteiger partial charge in [0.05, 0.1) is 0 Å². The fourth-order valence-electron chi connectivity index (χ4n) is 0.933. The van der Waals surface area contributed by atoms with Gasteiger partial charge in [0.25, 0.3) is 0 Å². The Morgan fingerprint density at radius 1 is 1.40 bits per heavy atom. The molecule has 0 N–H and O–H groups in total. The summed E-state index contributed by atoms with van der Waals surface area (Å²) in [6.45, 7) is 0. The molecule has 0 saturated carbocycles. The predicted molar refractivity (Wildman–Crippen MR) is 50.8 cm³/mol. The van der Waals surface area contributed by atoms with Gasteiger partial charge in [-0.05, 0) is 11.6 Å². The highest BCUT2D eigenvalue weighted by molar-refractivity contribution is 8.76. The van der Waals surface area contributed by atoms with Crippen LogP contribution >= 0.6 is 34.2 Å². The summed E-state index contributed by atoms with van der Waals surface area (Å²) in [5.41, 5.74) is 1.43. The Labute approximate surface area is 73.6 Å². The molecular weight excluding hydrogens is 180 g/mol. The Balaban J connectivity index is 2.59. The summed E-state index contributed by atoms with van der Waals surface area (Å²) in [5, 5.41) is 0. The van der Waals surface area contributed by atoms with Gasteiger partial charge in [0, 0.05) is 15.5 Å². The summed E-state index contributed by atoms with van der Waals surface area (Å²) < 4.78 is 0. The predicted octanol–water partition coefficient (Wildman–Crippen LogP) is 3.23. The van der Waals surface area contributed by atoms with Crippen molar-refractivity contribution in [3.8, 4) is 0 Å². The van der Waals surface area contributed by atoms with E-state index in [4.69, 9.17) is 0 Å². The minimum atomic E-state index is 1.12. The minimum absolute atomic E-state index is 1.12. The van der Waals surface area contributed by atoms with Crippen molar-refractivity contribution in [2.45, 2.75) is 15.5 Å². The third-order valence-corrected chi connectivity index (χ3v) is 4.36. The van der Waals surface area contributed by atoms with Crippen LogP contribution in [-0.4, -0.2) is 0 Å². The summed E-state index contributed by atoms with van der Waals surface area (Å²) >= 11 is 4.35. The van der Waals surface area contributed by atoms with Crippen molar-refractivity contribution in [3.05, 3.63) is 23.8 Å². The second-order valence-corrected chi connectivity index (χ2v) is 4.90. The first-order valence-electron chi connectivity index (χ1n) is 2.98. The second kappa shape index (κ2) is 2.72. The molecule has 2 rings (SSSR count). The molecule has 0 aliphatic carbocycles. The lowest BCUT2D eigenvalue weighted by Gasteiger charge is -1.97. The van der Waals surface area contributed by atoms with Gasteiger partial charge in [-0.25, -0.2) is 0 Å². The Hall–Kier alpha value is 0.270. The van der Waals surface area contributed by atoms with Crippen LogP contribution in [0.1, 0.15) is 5.56 Å². The Kier molecular flexibility index (Phi) is 1.89. The summed E-state index contributed by atoms with van der Waals surface area (Å²) in [5.74, 6) is 1.13. The van der Waals surface area contributed by atoms with Crippen LogP contribution in [0.4, 0.5) is 0 Å². The molecule has 1 heterocycles. The van der Waals surface area contributed by atoms with Crippen LogP contribution in [0.25, 0.3) is 0 Å². The van der Waals surface area contributed by atoms with Gasteiger partial charge in [0.15, 0.2) is 0 Å². The summed E-state index contributed by atoms with van der Waals surface area (Å²) in [6, 6.07) is 6.27. The maximum atomic E-state index is 4.35. The van der Waals surface area contributed by atoms with Crippen molar-refractivity contribution < 1.29 is 0 Å². The van der Waals surface area contributed by atoms with E-state index in [1.54, 1.807) is 0 Å². The van der Waals surface area contributed by atoms with Crippen LogP contribution in [0.3, 0.4) is 0 Å². The highest BCUT2D eigenvalue weighted by Crippen LogP contribution is 2.46. The topological polar surface area (TPSA) is 0 Å². The van der Waals surface area contributed by atoms with E-state index in [0.717, 1.165) is 10.6 Å². The highest BCUT2D eigenvalue weighted by atomic mass is 33.1. The molecule has 0 nitrogen and oxygen atoms in total. The lowest BCUT2D eigenvalue weighted by atomic mass is 10.2. The molecule has 10 heavy (non-hydrogen) atoms.